The highest BCUT2D eigenvalue weighted by Gasteiger charge is 2.43. The molecule has 0 amide bonds. The van der Waals surface area contributed by atoms with Gasteiger partial charge in [0.15, 0.2) is 9.84 Å². The van der Waals surface area contributed by atoms with Gasteiger partial charge in [-0.2, -0.15) is 0 Å². The summed E-state index contributed by atoms with van der Waals surface area (Å²) in [5.74, 6) is 1.11. The third-order valence-electron chi connectivity index (χ3n) is 5.20. The molecule has 2 aliphatic rings. The van der Waals surface area contributed by atoms with Gasteiger partial charge in [-0.3, -0.25) is 0 Å². The van der Waals surface area contributed by atoms with Crippen molar-refractivity contribution in [2.24, 2.45) is 11.8 Å². The van der Waals surface area contributed by atoms with Crippen LogP contribution in [0.3, 0.4) is 0 Å². The Morgan fingerprint density at radius 2 is 1.75 bits per heavy atom. The fourth-order valence-electron chi connectivity index (χ4n) is 3.71. The third-order valence-corrected chi connectivity index (χ3v) is 7.97. The number of rotatable bonds is 4. The average Bonchev–Trinajstić information content (AvgIpc) is 2.47. The van der Waals surface area contributed by atoms with Crippen LogP contribution >= 0.6 is 0 Å². The van der Waals surface area contributed by atoms with Gasteiger partial charge in [0.25, 0.3) is 0 Å². The summed E-state index contributed by atoms with van der Waals surface area (Å²) in [4.78, 5) is 0. The van der Waals surface area contributed by atoms with Crippen LogP contribution in [0.25, 0.3) is 0 Å². The Morgan fingerprint density at radius 3 is 2.30 bits per heavy atom. The number of nitrogens with one attached hydrogen (secondary N) is 1. The van der Waals surface area contributed by atoms with Crippen LogP contribution in [0.4, 0.5) is 0 Å². The number of hydrogen-bond acceptors (Lipinski definition) is 4. The molecule has 118 valence electrons. The van der Waals surface area contributed by atoms with Crippen LogP contribution in [0.2, 0.25) is 0 Å². The van der Waals surface area contributed by atoms with Crippen LogP contribution in [-0.4, -0.2) is 45.2 Å². The number of ether oxygens (including phenoxy) is 1. The van der Waals surface area contributed by atoms with Crippen molar-refractivity contribution in [1.29, 1.82) is 0 Å². The van der Waals surface area contributed by atoms with Crippen molar-refractivity contribution in [1.82, 2.24) is 5.32 Å². The molecule has 1 heterocycles. The van der Waals surface area contributed by atoms with Crippen molar-refractivity contribution in [3.63, 3.8) is 0 Å². The number of hydrogen-bond donors (Lipinski definition) is 1. The molecule has 0 spiro atoms. The lowest BCUT2D eigenvalue weighted by Crippen LogP contribution is -2.51. The van der Waals surface area contributed by atoms with E-state index in [1.54, 1.807) is 0 Å². The molecule has 3 atom stereocenters. The fraction of sp³-hybridized carbons (Fsp3) is 1.00. The summed E-state index contributed by atoms with van der Waals surface area (Å²) in [6.45, 7) is 5.61. The molecule has 0 bridgehead atoms. The van der Waals surface area contributed by atoms with E-state index in [1.165, 1.54) is 0 Å². The van der Waals surface area contributed by atoms with E-state index in [4.69, 9.17) is 4.74 Å². The highest BCUT2D eigenvalue weighted by atomic mass is 32.2. The zero-order valence-electron chi connectivity index (χ0n) is 13.0. The van der Waals surface area contributed by atoms with Crippen LogP contribution in [0.15, 0.2) is 0 Å². The van der Waals surface area contributed by atoms with Gasteiger partial charge in [-0.15, -0.1) is 0 Å². The second kappa shape index (κ2) is 6.75. The van der Waals surface area contributed by atoms with Gasteiger partial charge in [-0.05, 0) is 51.0 Å². The first-order chi connectivity index (χ1) is 9.46. The zero-order chi connectivity index (χ0) is 14.8. The summed E-state index contributed by atoms with van der Waals surface area (Å²) in [5, 5.41) is 2.85. The third kappa shape index (κ3) is 3.37. The van der Waals surface area contributed by atoms with Crippen molar-refractivity contribution < 1.29 is 13.2 Å². The summed E-state index contributed by atoms with van der Waals surface area (Å²) in [7, 11) is -1.16. The van der Waals surface area contributed by atoms with Crippen molar-refractivity contribution in [2.75, 3.05) is 20.3 Å². The van der Waals surface area contributed by atoms with E-state index in [0.29, 0.717) is 37.9 Å². The molecular weight excluding hydrogens is 274 g/mol. The first-order valence-electron chi connectivity index (χ1n) is 7.94. The molecule has 1 saturated carbocycles. The van der Waals surface area contributed by atoms with Crippen molar-refractivity contribution in [2.45, 2.75) is 62.5 Å². The highest BCUT2D eigenvalue weighted by molar-refractivity contribution is 7.92. The van der Waals surface area contributed by atoms with E-state index in [-0.39, 0.29) is 16.5 Å². The Balaban J connectivity index is 2.16. The summed E-state index contributed by atoms with van der Waals surface area (Å²) >= 11 is 0. The van der Waals surface area contributed by atoms with Crippen molar-refractivity contribution in [3.8, 4) is 0 Å². The van der Waals surface area contributed by atoms with E-state index in [9.17, 15) is 8.42 Å². The lowest BCUT2D eigenvalue weighted by atomic mass is 9.79. The quantitative estimate of drug-likeness (QED) is 0.863. The van der Waals surface area contributed by atoms with E-state index < -0.39 is 9.84 Å². The molecular formula is C15H29NO3S. The normalized spacial score (nSPS) is 33.5. The monoisotopic (exact) mass is 303 g/mol. The van der Waals surface area contributed by atoms with Gasteiger partial charge in [0.1, 0.15) is 0 Å². The molecule has 1 aliphatic carbocycles. The largest absolute Gasteiger partial charge is 0.381 e. The van der Waals surface area contributed by atoms with Gasteiger partial charge in [0.05, 0.1) is 10.5 Å². The Labute approximate surface area is 123 Å². The topological polar surface area (TPSA) is 55.4 Å². The molecule has 20 heavy (non-hydrogen) atoms. The SMILES string of the molecule is CNC1CCC(C(C)C)CC1S(=O)(=O)C1CCOCC1. The lowest BCUT2D eigenvalue weighted by Gasteiger charge is -2.39. The van der Waals surface area contributed by atoms with Crippen LogP contribution in [0.5, 0.6) is 0 Å². The average molecular weight is 303 g/mol. The van der Waals surface area contributed by atoms with E-state index in [1.807, 2.05) is 7.05 Å². The molecule has 0 radical (unpaired) electrons. The van der Waals surface area contributed by atoms with Crippen LogP contribution in [0.1, 0.15) is 46.0 Å². The van der Waals surface area contributed by atoms with Gasteiger partial charge < -0.3 is 10.1 Å². The van der Waals surface area contributed by atoms with Crippen LogP contribution in [-0.2, 0) is 14.6 Å². The van der Waals surface area contributed by atoms with Gasteiger partial charge in [-0.1, -0.05) is 13.8 Å². The predicted molar refractivity (Wildman–Crippen MR) is 81.6 cm³/mol. The Morgan fingerprint density at radius 1 is 1.10 bits per heavy atom. The smallest absolute Gasteiger partial charge is 0.157 e. The molecule has 2 fully saturated rings. The summed E-state index contributed by atoms with van der Waals surface area (Å²) < 4.78 is 31.3. The molecule has 4 nitrogen and oxygen atoms in total. The van der Waals surface area contributed by atoms with Gasteiger partial charge in [0, 0.05) is 19.3 Å². The van der Waals surface area contributed by atoms with Crippen LogP contribution < -0.4 is 5.32 Å². The maximum absolute atomic E-state index is 13.0. The van der Waals surface area contributed by atoms with Gasteiger partial charge in [-0.25, -0.2) is 8.42 Å². The number of sulfone groups is 1. The molecule has 0 aromatic heterocycles. The minimum Gasteiger partial charge on any atom is -0.381 e. The first-order valence-corrected chi connectivity index (χ1v) is 9.55. The lowest BCUT2D eigenvalue weighted by molar-refractivity contribution is 0.0978. The maximum atomic E-state index is 13.0. The summed E-state index contributed by atoms with van der Waals surface area (Å²) in [6.07, 6.45) is 4.28. The fourth-order valence-corrected chi connectivity index (χ4v) is 6.30. The molecule has 0 aromatic carbocycles. The van der Waals surface area contributed by atoms with Crippen molar-refractivity contribution >= 4 is 9.84 Å². The first kappa shape index (κ1) is 16.2. The van der Waals surface area contributed by atoms with Crippen LogP contribution in [0, 0.1) is 11.8 Å². The predicted octanol–water partition coefficient (Wildman–Crippen LogP) is 1.99. The van der Waals surface area contributed by atoms with E-state index >= 15 is 0 Å². The molecule has 3 unspecified atom stereocenters. The Bertz CT molecular complexity index is 401. The standard InChI is InChI=1S/C15H29NO3S/c1-11(2)12-4-5-14(16-3)15(10-12)20(17,18)13-6-8-19-9-7-13/h11-16H,4-10H2,1-3H3. The zero-order valence-corrected chi connectivity index (χ0v) is 13.8. The summed E-state index contributed by atoms with van der Waals surface area (Å²) in [6, 6.07) is 0.123. The minimum atomic E-state index is -3.06. The minimum absolute atomic E-state index is 0.123. The second-order valence-corrected chi connectivity index (χ2v) is 9.10. The highest BCUT2D eigenvalue weighted by Crippen LogP contribution is 2.36. The molecule has 5 heteroatoms. The maximum Gasteiger partial charge on any atom is 0.157 e. The summed E-state index contributed by atoms with van der Waals surface area (Å²) in [5.41, 5.74) is 0. The van der Waals surface area contributed by atoms with E-state index in [0.717, 1.165) is 19.3 Å². The van der Waals surface area contributed by atoms with E-state index in [2.05, 4.69) is 19.2 Å². The molecule has 1 N–H and O–H groups in total. The molecule has 0 aromatic rings. The molecule has 1 saturated heterocycles. The Kier molecular flexibility index (Phi) is 5.49. The molecule has 1 aliphatic heterocycles. The van der Waals surface area contributed by atoms with Gasteiger partial charge >= 0.3 is 0 Å². The molecule has 2 rings (SSSR count). The van der Waals surface area contributed by atoms with Gasteiger partial charge in [0.2, 0.25) is 0 Å². The second-order valence-electron chi connectivity index (χ2n) is 6.65. The van der Waals surface area contributed by atoms with Crippen molar-refractivity contribution in [3.05, 3.63) is 0 Å². The Hall–Kier alpha value is -0.130.